The summed E-state index contributed by atoms with van der Waals surface area (Å²) in [5.74, 6) is 0.450. The zero-order valence-electron chi connectivity index (χ0n) is 17.9. The van der Waals surface area contributed by atoms with E-state index in [1.54, 1.807) is 62.6 Å². The summed E-state index contributed by atoms with van der Waals surface area (Å²) < 4.78 is 26.5. The fourth-order valence-corrected chi connectivity index (χ4v) is 3.20. The molecule has 0 bridgehead atoms. The number of halogens is 1. The van der Waals surface area contributed by atoms with E-state index in [2.05, 4.69) is 10.4 Å². The highest BCUT2D eigenvalue weighted by Crippen LogP contribution is 2.31. The highest BCUT2D eigenvalue weighted by Gasteiger charge is 2.17. The Morgan fingerprint density at radius 1 is 0.970 bits per heavy atom. The number of nitrogens with zero attached hydrogens (tertiary/aromatic N) is 2. The Balaban J connectivity index is 1.54. The molecule has 1 aromatic heterocycles. The smallest absolute Gasteiger partial charge is 0.280 e. The molecular formula is C25H20FN3O4. The molecule has 7 nitrogen and oxygen atoms in total. The van der Waals surface area contributed by atoms with E-state index in [0.717, 1.165) is 0 Å². The average Bonchev–Trinajstić information content (AvgIpc) is 2.81. The molecule has 0 aliphatic carbocycles. The molecule has 0 unspecified atom stereocenters. The van der Waals surface area contributed by atoms with Crippen molar-refractivity contribution in [3.05, 3.63) is 106 Å². The number of rotatable bonds is 6. The maximum atomic E-state index is 14.2. The van der Waals surface area contributed by atoms with Gasteiger partial charge in [-0.25, -0.2) is 9.07 Å². The summed E-state index contributed by atoms with van der Waals surface area (Å²) in [6, 6.07) is 21.1. The van der Waals surface area contributed by atoms with Crippen LogP contribution < -0.4 is 20.2 Å². The number of methoxy groups -OCH3 is 1. The first kappa shape index (κ1) is 21.8. The van der Waals surface area contributed by atoms with Crippen LogP contribution in [0.2, 0.25) is 0 Å². The number of hydrogen-bond acceptors (Lipinski definition) is 5. The minimum atomic E-state index is -0.705. The molecule has 4 rings (SSSR count). The van der Waals surface area contributed by atoms with Gasteiger partial charge in [0.25, 0.3) is 5.91 Å². The number of hydrogen-bond donors (Lipinski definition) is 1. The quantitative estimate of drug-likeness (QED) is 0.464. The molecule has 0 fully saturated rings. The van der Waals surface area contributed by atoms with Crippen molar-refractivity contribution < 1.29 is 18.7 Å². The van der Waals surface area contributed by atoms with Crippen LogP contribution in [-0.4, -0.2) is 22.8 Å². The minimum absolute atomic E-state index is 0.141. The van der Waals surface area contributed by atoms with Crippen molar-refractivity contribution in [3.8, 4) is 22.9 Å². The average molecular weight is 445 g/mol. The highest BCUT2D eigenvalue weighted by molar-refractivity contribution is 6.02. The Morgan fingerprint density at radius 3 is 2.33 bits per heavy atom. The van der Waals surface area contributed by atoms with Gasteiger partial charge < -0.3 is 14.8 Å². The van der Waals surface area contributed by atoms with Gasteiger partial charge >= 0.3 is 0 Å². The van der Waals surface area contributed by atoms with Crippen LogP contribution >= 0.6 is 0 Å². The summed E-state index contributed by atoms with van der Waals surface area (Å²) in [5, 5.41) is 6.74. The van der Waals surface area contributed by atoms with Gasteiger partial charge in [-0.2, -0.15) is 5.10 Å². The van der Waals surface area contributed by atoms with Crippen molar-refractivity contribution >= 4 is 11.6 Å². The van der Waals surface area contributed by atoms with Crippen LogP contribution in [0.3, 0.4) is 0 Å². The molecule has 8 heteroatoms. The van der Waals surface area contributed by atoms with Crippen LogP contribution in [-0.2, 0) is 0 Å². The third-order valence-electron chi connectivity index (χ3n) is 4.81. The maximum absolute atomic E-state index is 14.2. The second kappa shape index (κ2) is 9.35. The van der Waals surface area contributed by atoms with E-state index in [1.165, 1.54) is 22.9 Å². The lowest BCUT2D eigenvalue weighted by molar-refractivity contribution is 0.101. The number of amides is 1. The fourth-order valence-electron chi connectivity index (χ4n) is 3.20. The van der Waals surface area contributed by atoms with Crippen LogP contribution in [0.25, 0.3) is 5.69 Å². The first-order valence-electron chi connectivity index (χ1n) is 10.0. The monoisotopic (exact) mass is 445 g/mol. The molecule has 0 saturated heterocycles. The molecule has 0 aliphatic rings. The van der Waals surface area contributed by atoms with Gasteiger partial charge in [0.2, 0.25) is 5.43 Å². The fraction of sp³-hybridized carbons (Fsp3) is 0.0800. The number of anilines is 1. The van der Waals surface area contributed by atoms with E-state index < -0.39 is 17.2 Å². The predicted octanol–water partition coefficient (Wildman–Crippen LogP) is 4.73. The number of carbonyl (C=O) groups is 1. The topological polar surface area (TPSA) is 82.4 Å². The van der Waals surface area contributed by atoms with Crippen molar-refractivity contribution in [2.45, 2.75) is 6.92 Å². The third kappa shape index (κ3) is 4.74. The minimum Gasteiger partial charge on any atom is -0.493 e. The van der Waals surface area contributed by atoms with Crippen molar-refractivity contribution in [2.24, 2.45) is 0 Å². The van der Waals surface area contributed by atoms with Gasteiger partial charge in [0.05, 0.1) is 7.11 Å². The summed E-state index contributed by atoms with van der Waals surface area (Å²) in [4.78, 5) is 25.1. The van der Waals surface area contributed by atoms with Gasteiger partial charge in [-0.15, -0.1) is 0 Å². The maximum Gasteiger partial charge on any atom is 0.280 e. The van der Waals surface area contributed by atoms with E-state index >= 15 is 0 Å². The van der Waals surface area contributed by atoms with E-state index in [0.29, 0.717) is 28.6 Å². The molecule has 0 aliphatic heterocycles. The molecule has 3 aromatic carbocycles. The summed E-state index contributed by atoms with van der Waals surface area (Å²) in [6.07, 6.45) is 0. The normalized spacial score (nSPS) is 10.5. The van der Waals surface area contributed by atoms with Gasteiger partial charge in [-0.05, 0) is 55.5 Å². The lowest BCUT2D eigenvalue weighted by atomic mass is 10.2. The van der Waals surface area contributed by atoms with Crippen molar-refractivity contribution in [1.29, 1.82) is 0 Å². The van der Waals surface area contributed by atoms with Crippen molar-refractivity contribution in [3.63, 3.8) is 0 Å². The number of aryl methyl sites for hydroxylation is 1. The zero-order valence-corrected chi connectivity index (χ0v) is 17.9. The first-order valence-corrected chi connectivity index (χ1v) is 10.0. The molecular weight excluding hydrogens is 425 g/mol. The zero-order chi connectivity index (χ0) is 23.4. The van der Waals surface area contributed by atoms with Crippen molar-refractivity contribution in [2.75, 3.05) is 12.4 Å². The Labute approximate surface area is 189 Å². The van der Waals surface area contributed by atoms with E-state index in [-0.39, 0.29) is 11.4 Å². The summed E-state index contributed by atoms with van der Waals surface area (Å²) in [7, 11) is 1.56. The third-order valence-corrected chi connectivity index (χ3v) is 4.81. The van der Waals surface area contributed by atoms with Crippen LogP contribution in [0.5, 0.6) is 17.2 Å². The number of ether oxygens (including phenoxy) is 2. The van der Waals surface area contributed by atoms with Gasteiger partial charge in [-0.1, -0.05) is 24.3 Å². The lowest BCUT2D eigenvalue weighted by Crippen LogP contribution is -2.27. The number of carbonyl (C=O) groups excluding carboxylic acids is 1. The number of aromatic nitrogens is 2. The standard InChI is InChI=1S/C25H20FN3O4/c1-16-15-21(30)24(28-29(16)20-8-4-3-7-19(20)26)25(31)27-17-11-13-18(14-12-17)33-23-10-6-5-9-22(23)32-2/h3-15H,1-2H3,(H,27,31). The molecule has 4 aromatic rings. The number of nitrogens with one attached hydrogen (secondary N) is 1. The molecule has 33 heavy (non-hydrogen) atoms. The van der Waals surface area contributed by atoms with Crippen LogP contribution in [0.1, 0.15) is 16.2 Å². The summed E-state index contributed by atoms with van der Waals surface area (Å²) >= 11 is 0. The Kier molecular flexibility index (Phi) is 6.17. The summed E-state index contributed by atoms with van der Waals surface area (Å²) in [6.45, 7) is 1.61. The molecule has 166 valence electrons. The van der Waals surface area contributed by atoms with E-state index in [9.17, 15) is 14.0 Å². The van der Waals surface area contributed by atoms with Crippen molar-refractivity contribution in [1.82, 2.24) is 9.78 Å². The Bertz CT molecular complexity index is 1370. The molecule has 0 spiro atoms. The molecule has 1 heterocycles. The second-order valence-corrected chi connectivity index (χ2v) is 7.09. The lowest BCUT2D eigenvalue weighted by Gasteiger charge is -2.12. The Morgan fingerprint density at radius 2 is 1.64 bits per heavy atom. The molecule has 0 radical (unpaired) electrons. The molecule has 1 amide bonds. The predicted molar refractivity (Wildman–Crippen MR) is 122 cm³/mol. The van der Waals surface area contributed by atoms with Gasteiger partial charge in [0, 0.05) is 17.4 Å². The highest BCUT2D eigenvalue weighted by atomic mass is 19.1. The molecule has 0 saturated carbocycles. The first-order chi connectivity index (χ1) is 16.0. The van der Waals surface area contributed by atoms with E-state index in [4.69, 9.17) is 9.47 Å². The van der Waals surface area contributed by atoms with E-state index in [1.807, 2.05) is 12.1 Å². The van der Waals surface area contributed by atoms with Crippen LogP contribution in [0, 0.1) is 12.7 Å². The van der Waals surface area contributed by atoms with Crippen LogP contribution in [0.15, 0.2) is 83.7 Å². The van der Waals surface area contributed by atoms with Gasteiger partial charge in [-0.3, -0.25) is 9.59 Å². The largest absolute Gasteiger partial charge is 0.493 e. The van der Waals surface area contributed by atoms with Gasteiger partial charge in [0.1, 0.15) is 17.3 Å². The second-order valence-electron chi connectivity index (χ2n) is 7.09. The Hall–Kier alpha value is -4.46. The SMILES string of the molecule is COc1ccccc1Oc1ccc(NC(=O)c2nn(-c3ccccc3F)c(C)cc2=O)cc1. The summed E-state index contributed by atoms with van der Waals surface area (Å²) in [5.41, 5.74) is 0.0693. The number of benzene rings is 3. The van der Waals surface area contributed by atoms with Crippen LogP contribution in [0.4, 0.5) is 10.1 Å². The number of para-hydroxylation sites is 3. The van der Waals surface area contributed by atoms with Gasteiger partial charge in [0.15, 0.2) is 17.2 Å². The molecule has 1 N–H and O–H groups in total. The molecule has 0 atom stereocenters.